The van der Waals surface area contributed by atoms with Crippen LogP contribution in [0.4, 0.5) is 0 Å². The molecule has 1 atom stereocenters. The van der Waals surface area contributed by atoms with Gasteiger partial charge in [-0.2, -0.15) is 0 Å². The van der Waals surface area contributed by atoms with Crippen LogP contribution in [0.2, 0.25) is 10.0 Å². The molecule has 3 rings (SSSR count). The second-order valence-corrected chi connectivity index (χ2v) is 9.71. The monoisotopic (exact) mass is 510 g/mol. The Bertz CT molecular complexity index is 1120. The number of nitrogens with one attached hydrogen (secondary N) is 1. The zero-order chi connectivity index (χ0) is 25.4. The molecule has 35 heavy (non-hydrogen) atoms. The van der Waals surface area contributed by atoms with Crippen LogP contribution < -0.4 is 5.32 Å². The molecule has 0 bridgehead atoms. The van der Waals surface area contributed by atoms with Crippen molar-refractivity contribution in [3.63, 3.8) is 0 Å². The number of aryl methyl sites for hydroxylation is 2. The van der Waals surface area contributed by atoms with Gasteiger partial charge in [-0.3, -0.25) is 9.59 Å². The molecule has 4 nitrogen and oxygen atoms in total. The van der Waals surface area contributed by atoms with Crippen LogP contribution in [0.25, 0.3) is 0 Å². The molecule has 0 aliphatic heterocycles. The number of carbonyl (C=O) groups is 2. The van der Waals surface area contributed by atoms with Crippen LogP contribution >= 0.6 is 23.2 Å². The summed E-state index contributed by atoms with van der Waals surface area (Å²) in [5.74, 6) is -0.341. The fourth-order valence-corrected chi connectivity index (χ4v) is 4.74. The predicted octanol–water partition coefficient (Wildman–Crippen LogP) is 6.32. The quantitative estimate of drug-likeness (QED) is 0.346. The van der Waals surface area contributed by atoms with Gasteiger partial charge in [0.25, 0.3) is 0 Å². The van der Waals surface area contributed by atoms with Crippen molar-refractivity contribution in [2.24, 2.45) is 0 Å². The average molecular weight is 511 g/mol. The molecule has 6 heteroatoms. The van der Waals surface area contributed by atoms with Gasteiger partial charge in [0.15, 0.2) is 0 Å². The van der Waals surface area contributed by atoms with Crippen molar-refractivity contribution in [2.45, 2.75) is 52.6 Å². The Morgan fingerprint density at radius 3 is 2.11 bits per heavy atom. The molecule has 0 spiro atoms. The number of nitrogens with zero attached hydrogens (tertiary/aromatic N) is 1. The summed E-state index contributed by atoms with van der Waals surface area (Å²) >= 11 is 13.0. The number of amides is 2. The summed E-state index contributed by atoms with van der Waals surface area (Å²) in [6.45, 7) is 6.70. The van der Waals surface area contributed by atoms with Gasteiger partial charge >= 0.3 is 0 Å². The molecule has 0 radical (unpaired) electrons. The number of hydrogen-bond donors (Lipinski definition) is 1. The van der Waals surface area contributed by atoms with Crippen molar-refractivity contribution in [1.82, 2.24) is 10.2 Å². The Morgan fingerprint density at radius 1 is 0.886 bits per heavy atom. The Balaban J connectivity index is 2.02. The number of hydrogen-bond acceptors (Lipinski definition) is 2. The largest absolute Gasteiger partial charge is 0.354 e. The third-order valence-electron chi connectivity index (χ3n) is 5.85. The summed E-state index contributed by atoms with van der Waals surface area (Å²) in [4.78, 5) is 28.9. The van der Waals surface area contributed by atoms with Gasteiger partial charge in [-0.15, -0.1) is 0 Å². The summed E-state index contributed by atoms with van der Waals surface area (Å²) in [6.07, 6.45) is 1.37. The summed E-state index contributed by atoms with van der Waals surface area (Å²) in [5.41, 5.74) is 4.70. The van der Waals surface area contributed by atoms with E-state index >= 15 is 0 Å². The maximum absolute atomic E-state index is 13.8. The van der Waals surface area contributed by atoms with E-state index in [0.717, 1.165) is 28.7 Å². The first-order valence-corrected chi connectivity index (χ1v) is 12.6. The van der Waals surface area contributed by atoms with Crippen molar-refractivity contribution in [3.8, 4) is 0 Å². The van der Waals surface area contributed by atoms with Gasteiger partial charge in [-0.1, -0.05) is 95.8 Å². The fraction of sp³-hybridized carbons (Fsp3) is 0.310. The number of carbonyl (C=O) groups excluding carboxylic acids is 2. The highest BCUT2D eigenvalue weighted by molar-refractivity contribution is 6.36. The van der Waals surface area contributed by atoms with E-state index in [4.69, 9.17) is 23.2 Å². The normalized spacial score (nSPS) is 11.7. The van der Waals surface area contributed by atoms with Crippen LogP contribution in [-0.4, -0.2) is 29.3 Å². The van der Waals surface area contributed by atoms with Crippen molar-refractivity contribution in [2.75, 3.05) is 6.54 Å². The molecule has 0 aromatic heterocycles. The van der Waals surface area contributed by atoms with Crippen LogP contribution in [-0.2, 0) is 29.0 Å². The average Bonchev–Trinajstić information content (AvgIpc) is 2.81. The highest BCUT2D eigenvalue weighted by atomic mass is 35.5. The Hall–Kier alpha value is -2.82. The lowest BCUT2D eigenvalue weighted by Gasteiger charge is -2.32. The highest BCUT2D eigenvalue weighted by Gasteiger charge is 2.31. The molecule has 0 saturated heterocycles. The maximum Gasteiger partial charge on any atom is 0.243 e. The van der Waals surface area contributed by atoms with Gasteiger partial charge < -0.3 is 10.2 Å². The third-order valence-corrected chi connectivity index (χ3v) is 6.56. The van der Waals surface area contributed by atoms with Gasteiger partial charge in [-0.05, 0) is 43.5 Å². The molecule has 184 valence electrons. The molecule has 0 aliphatic rings. The van der Waals surface area contributed by atoms with Crippen LogP contribution in [0.5, 0.6) is 0 Å². The van der Waals surface area contributed by atoms with Crippen molar-refractivity contribution in [1.29, 1.82) is 0 Å². The van der Waals surface area contributed by atoms with E-state index in [0.29, 0.717) is 28.6 Å². The first-order chi connectivity index (χ1) is 16.8. The van der Waals surface area contributed by atoms with Gasteiger partial charge in [0.1, 0.15) is 6.04 Å². The number of rotatable bonds is 10. The van der Waals surface area contributed by atoms with E-state index in [9.17, 15) is 9.59 Å². The number of halogens is 2. The number of benzene rings is 3. The third kappa shape index (κ3) is 7.58. The second-order valence-electron chi connectivity index (χ2n) is 8.89. The Labute approximate surface area is 218 Å². The minimum Gasteiger partial charge on any atom is -0.354 e. The molecular weight excluding hydrogens is 479 g/mol. The van der Waals surface area contributed by atoms with Gasteiger partial charge in [0.2, 0.25) is 11.8 Å². The SMILES string of the molecule is CCCNC(=O)[C@@H](Cc1ccccc1)N(Cc1c(Cl)cccc1Cl)C(=O)Cc1cc(C)cc(C)c1. The smallest absolute Gasteiger partial charge is 0.243 e. The van der Waals surface area contributed by atoms with Crippen molar-refractivity contribution in [3.05, 3.63) is 105 Å². The van der Waals surface area contributed by atoms with E-state index in [2.05, 4.69) is 11.4 Å². The topological polar surface area (TPSA) is 49.4 Å². The molecule has 0 unspecified atom stereocenters. The molecule has 3 aromatic carbocycles. The second kappa shape index (κ2) is 12.8. The molecule has 0 fully saturated rings. The highest BCUT2D eigenvalue weighted by Crippen LogP contribution is 2.27. The summed E-state index contributed by atoms with van der Waals surface area (Å²) in [6, 6.07) is 20.4. The van der Waals surface area contributed by atoms with E-state index in [1.807, 2.05) is 63.2 Å². The van der Waals surface area contributed by atoms with E-state index in [1.165, 1.54) is 0 Å². The van der Waals surface area contributed by atoms with Gasteiger partial charge in [0.05, 0.1) is 6.42 Å². The Morgan fingerprint density at radius 2 is 1.51 bits per heavy atom. The van der Waals surface area contributed by atoms with Crippen molar-refractivity contribution < 1.29 is 9.59 Å². The minimum absolute atomic E-state index is 0.138. The molecular formula is C29H32Cl2N2O2. The molecule has 3 aromatic rings. The Kier molecular flexibility index (Phi) is 9.76. The van der Waals surface area contributed by atoms with Crippen LogP contribution in [0, 0.1) is 13.8 Å². The molecule has 1 N–H and O–H groups in total. The van der Waals surface area contributed by atoms with Gasteiger partial charge in [-0.25, -0.2) is 0 Å². The van der Waals surface area contributed by atoms with Crippen LogP contribution in [0.1, 0.15) is 41.2 Å². The lowest BCUT2D eigenvalue weighted by atomic mass is 10.00. The van der Waals surface area contributed by atoms with Crippen LogP contribution in [0.3, 0.4) is 0 Å². The lowest BCUT2D eigenvalue weighted by Crippen LogP contribution is -2.51. The van der Waals surface area contributed by atoms with Crippen LogP contribution in [0.15, 0.2) is 66.7 Å². The van der Waals surface area contributed by atoms with E-state index in [1.54, 1.807) is 23.1 Å². The summed E-state index contributed by atoms with van der Waals surface area (Å²) in [7, 11) is 0. The zero-order valence-electron chi connectivity index (χ0n) is 20.5. The maximum atomic E-state index is 13.8. The minimum atomic E-state index is -0.713. The lowest BCUT2D eigenvalue weighted by molar-refractivity contribution is -0.140. The first-order valence-electron chi connectivity index (χ1n) is 11.9. The zero-order valence-corrected chi connectivity index (χ0v) is 22.0. The predicted molar refractivity (Wildman–Crippen MR) is 144 cm³/mol. The molecule has 2 amide bonds. The molecule has 0 aliphatic carbocycles. The van der Waals surface area contributed by atoms with E-state index < -0.39 is 6.04 Å². The standard InChI is InChI=1S/C29H32Cl2N2O2/c1-4-13-32-29(35)27(17-22-9-6-5-7-10-22)33(19-24-25(30)11-8-12-26(24)31)28(34)18-23-15-20(2)14-21(3)16-23/h5-12,14-16,27H,4,13,17-19H2,1-3H3,(H,32,35)/t27-/m1/s1. The van der Waals surface area contributed by atoms with Crippen molar-refractivity contribution >= 4 is 35.0 Å². The molecule has 0 saturated carbocycles. The summed E-state index contributed by atoms with van der Waals surface area (Å²) < 4.78 is 0. The first kappa shape index (κ1) is 26.8. The molecule has 0 heterocycles. The summed E-state index contributed by atoms with van der Waals surface area (Å²) in [5, 5.41) is 3.92. The van der Waals surface area contributed by atoms with E-state index in [-0.39, 0.29) is 24.8 Å². The fourth-order valence-electron chi connectivity index (χ4n) is 4.22. The van der Waals surface area contributed by atoms with Gasteiger partial charge in [0, 0.05) is 35.1 Å².